The van der Waals surface area contributed by atoms with Crippen LogP contribution >= 0.6 is 27.5 Å². The molecule has 0 aliphatic heterocycles. The maximum atomic E-state index is 12.4. The summed E-state index contributed by atoms with van der Waals surface area (Å²) in [4.78, 5) is 14.1. The van der Waals surface area contributed by atoms with Gasteiger partial charge in [0.2, 0.25) is 0 Å². The molecule has 1 unspecified atom stereocenters. The molecule has 0 saturated heterocycles. The summed E-state index contributed by atoms with van der Waals surface area (Å²) in [6, 6.07) is 5.24. The number of rotatable bonds is 5. The highest BCUT2D eigenvalue weighted by molar-refractivity contribution is 9.10. The van der Waals surface area contributed by atoms with E-state index in [-0.39, 0.29) is 11.9 Å². The number of likely N-dealkylation sites (N-methyl/N-ethyl adjacent to an activating group) is 1. The van der Waals surface area contributed by atoms with E-state index in [1.807, 2.05) is 13.8 Å². The van der Waals surface area contributed by atoms with Gasteiger partial charge in [0.05, 0.1) is 17.7 Å². The first kappa shape index (κ1) is 15.5. The molecule has 1 rings (SSSR count). The van der Waals surface area contributed by atoms with Crippen molar-refractivity contribution in [3.63, 3.8) is 0 Å². The number of carbonyl (C=O) groups excluding carboxylic acids is 1. The molecule has 1 amide bonds. The van der Waals surface area contributed by atoms with Gasteiger partial charge in [-0.1, -0.05) is 11.6 Å². The van der Waals surface area contributed by atoms with E-state index in [0.717, 1.165) is 4.47 Å². The molecule has 0 fully saturated rings. The fourth-order valence-corrected chi connectivity index (χ4v) is 2.28. The highest BCUT2D eigenvalue weighted by atomic mass is 79.9. The average Bonchev–Trinajstić information content (AvgIpc) is 2.33. The molecule has 0 bridgehead atoms. The van der Waals surface area contributed by atoms with Crippen molar-refractivity contribution in [1.29, 1.82) is 0 Å². The summed E-state index contributed by atoms with van der Waals surface area (Å²) >= 11 is 9.25. The lowest BCUT2D eigenvalue weighted by Crippen LogP contribution is -2.40. The second kappa shape index (κ2) is 7.12. The van der Waals surface area contributed by atoms with Crippen LogP contribution in [0.4, 0.5) is 0 Å². The highest BCUT2D eigenvalue weighted by Gasteiger charge is 2.20. The Kier molecular flexibility index (Phi) is 6.12. The van der Waals surface area contributed by atoms with Crippen molar-refractivity contribution in [2.45, 2.75) is 19.9 Å². The summed E-state index contributed by atoms with van der Waals surface area (Å²) in [6.45, 7) is 5.09. The Balaban J connectivity index is 2.92. The quantitative estimate of drug-likeness (QED) is 0.823. The van der Waals surface area contributed by atoms with Gasteiger partial charge in [-0.25, -0.2) is 0 Å². The number of amides is 1. The molecule has 5 heteroatoms. The van der Waals surface area contributed by atoms with Crippen molar-refractivity contribution in [3.05, 3.63) is 33.3 Å². The smallest absolute Gasteiger partial charge is 0.254 e. The van der Waals surface area contributed by atoms with Gasteiger partial charge in [0, 0.05) is 23.7 Å². The number of ether oxygens (including phenoxy) is 1. The van der Waals surface area contributed by atoms with Gasteiger partial charge in [-0.05, 0) is 48.0 Å². The molecule has 3 nitrogen and oxygen atoms in total. The SMILES string of the molecule is CCN(C(=O)c1ccc(Cl)c(Br)c1)C(C)COC. The minimum Gasteiger partial charge on any atom is -0.383 e. The molecule has 0 saturated carbocycles. The molecule has 0 N–H and O–H groups in total. The van der Waals surface area contributed by atoms with Gasteiger partial charge in [0.15, 0.2) is 0 Å². The molecule has 0 aromatic heterocycles. The minimum atomic E-state index is -0.0144. The van der Waals surface area contributed by atoms with Gasteiger partial charge in [-0.2, -0.15) is 0 Å². The number of hydrogen-bond donors (Lipinski definition) is 0. The second-order valence-electron chi connectivity index (χ2n) is 4.02. The van der Waals surface area contributed by atoms with Crippen LogP contribution in [-0.2, 0) is 4.74 Å². The monoisotopic (exact) mass is 333 g/mol. The van der Waals surface area contributed by atoms with E-state index in [1.54, 1.807) is 30.2 Å². The lowest BCUT2D eigenvalue weighted by Gasteiger charge is -2.27. The Labute approximate surface area is 121 Å². The van der Waals surface area contributed by atoms with Crippen LogP contribution in [-0.4, -0.2) is 37.1 Å². The Morgan fingerprint density at radius 1 is 1.56 bits per heavy atom. The molecule has 0 spiro atoms. The van der Waals surface area contributed by atoms with E-state index >= 15 is 0 Å². The Bertz CT molecular complexity index is 425. The van der Waals surface area contributed by atoms with Gasteiger partial charge >= 0.3 is 0 Å². The van der Waals surface area contributed by atoms with Gasteiger partial charge < -0.3 is 9.64 Å². The van der Waals surface area contributed by atoms with E-state index < -0.39 is 0 Å². The van der Waals surface area contributed by atoms with E-state index in [0.29, 0.717) is 23.7 Å². The molecule has 18 heavy (non-hydrogen) atoms. The lowest BCUT2D eigenvalue weighted by molar-refractivity contribution is 0.0579. The molecule has 1 atom stereocenters. The van der Waals surface area contributed by atoms with Crippen LogP contribution in [0.3, 0.4) is 0 Å². The molecule has 1 aromatic rings. The number of benzene rings is 1. The normalized spacial score (nSPS) is 12.3. The molecule has 100 valence electrons. The second-order valence-corrected chi connectivity index (χ2v) is 5.29. The molecule has 0 aliphatic rings. The number of nitrogens with zero attached hydrogens (tertiary/aromatic N) is 1. The summed E-state index contributed by atoms with van der Waals surface area (Å²) < 4.78 is 5.82. The zero-order valence-corrected chi connectivity index (χ0v) is 13.1. The number of halogens is 2. The number of methoxy groups -OCH3 is 1. The minimum absolute atomic E-state index is 0.0144. The number of carbonyl (C=O) groups is 1. The Hall–Kier alpha value is -0.580. The van der Waals surface area contributed by atoms with Crippen molar-refractivity contribution in [2.24, 2.45) is 0 Å². The zero-order valence-electron chi connectivity index (χ0n) is 10.7. The van der Waals surface area contributed by atoms with Gasteiger partial charge in [-0.15, -0.1) is 0 Å². The van der Waals surface area contributed by atoms with Crippen molar-refractivity contribution in [3.8, 4) is 0 Å². The third-order valence-electron chi connectivity index (χ3n) is 2.71. The first-order valence-electron chi connectivity index (χ1n) is 5.76. The standard InChI is InChI=1S/C13H17BrClNO2/c1-4-16(9(2)8-18-3)13(17)10-5-6-12(15)11(14)7-10/h5-7,9H,4,8H2,1-3H3. The summed E-state index contributed by atoms with van der Waals surface area (Å²) in [6.07, 6.45) is 0. The summed E-state index contributed by atoms with van der Waals surface area (Å²) in [5.74, 6) is -0.0144. The van der Waals surface area contributed by atoms with Crippen molar-refractivity contribution in [1.82, 2.24) is 4.90 Å². The largest absolute Gasteiger partial charge is 0.383 e. The van der Waals surface area contributed by atoms with Gasteiger partial charge in [-0.3, -0.25) is 4.79 Å². The maximum Gasteiger partial charge on any atom is 0.254 e. The van der Waals surface area contributed by atoms with Crippen LogP contribution in [0.25, 0.3) is 0 Å². The van der Waals surface area contributed by atoms with E-state index in [2.05, 4.69) is 15.9 Å². The van der Waals surface area contributed by atoms with E-state index in [4.69, 9.17) is 16.3 Å². The molecular formula is C13H17BrClNO2. The first-order valence-corrected chi connectivity index (χ1v) is 6.93. The fourth-order valence-electron chi connectivity index (χ4n) is 1.78. The number of hydrogen-bond acceptors (Lipinski definition) is 2. The zero-order chi connectivity index (χ0) is 13.7. The molecule has 0 radical (unpaired) electrons. The van der Waals surface area contributed by atoms with Crippen LogP contribution in [0.15, 0.2) is 22.7 Å². The molecule has 0 aliphatic carbocycles. The Morgan fingerprint density at radius 3 is 2.72 bits per heavy atom. The lowest BCUT2D eigenvalue weighted by atomic mass is 10.1. The molecule has 1 aromatic carbocycles. The van der Waals surface area contributed by atoms with Crippen LogP contribution in [0, 0.1) is 0 Å². The maximum absolute atomic E-state index is 12.4. The van der Waals surface area contributed by atoms with Gasteiger partial charge in [0.1, 0.15) is 0 Å². The molecule has 0 heterocycles. The molecular weight excluding hydrogens is 318 g/mol. The summed E-state index contributed by atoms with van der Waals surface area (Å²) in [5.41, 5.74) is 0.621. The van der Waals surface area contributed by atoms with Crippen LogP contribution in [0.2, 0.25) is 5.02 Å². The average molecular weight is 335 g/mol. The van der Waals surface area contributed by atoms with Gasteiger partial charge in [0.25, 0.3) is 5.91 Å². The highest BCUT2D eigenvalue weighted by Crippen LogP contribution is 2.24. The van der Waals surface area contributed by atoms with E-state index in [9.17, 15) is 4.79 Å². The predicted octanol–water partition coefficient (Wildman–Crippen LogP) is 3.60. The van der Waals surface area contributed by atoms with Crippen LogP contribution in [0.1, 0.15) is 24.2 Å². The predicted molar refractivity (Wildman–Crippen MR) is 77.2 cm³/mol. The first-order chi connectivity index (χ1) is 8.51. The van der Waals surface area contributed by atoms with Crippen LogP contribution < -0.4 is 0 Å². The Morgan fingerprint density at radius 2 is 2.22 bits per heavy atom. The van der Waals surface area contributed by atoms with E-state index in [1.165, 1.54) is 0 Å². The van der Waals surface area contributed by atoms with Crippen molar-refractivity contribution < 1.29 is 9.53 Å². The third kappa shape index (κ3) is 3.70. The van der Waals surface area contributed by atoms with Crippen LogP contribution in [0.5, 0.6) is 0 Å². The third-order valence-corrected chi connectivity index (χ3v) is 3.92. The fraction of sp³-hybridized carbons (Fsp3) is 0.462. The van der Waals surface area contributed by atoms with Crippen molar-refractivity contribution >= 4 is 33.4 Å². The van der Waals surface area contributed by atoms with Crippen molar-refractivity contribution in [2.75, 3.05) is 20.3 Å². The summed E-state index contributed by atoms with van der Waals surface area (Å²) in [7, 11) is 1.63. The summed E-state index contributed by atoms with van der Waals surface area (Å²) in [5, 5.41) is 0.597. The topological polar surface area (TPSA) is 29.5 Å².